The lowest BCUT2D eigenvalue weighted by molar-refractivity contribution is -0.119. The molecule has 5 nitrogen and oxygen atoms in total. The molecule has 180 valence electrons. The van der Waals surface area contributed by atoms with Gasteiger partial charge < -0.3 is 10.2 Å². The number of anilines is 2. The van der Waals surface area contributed by atoms with Crippen LogP contribution in [0.25, 0.3) is 0 Å². The Kier molecular flexibility index (Phi) is 8.22. The van der Waals surface area contributed by atoms with Crippen molar-refractivity contribution in [2.24, 2.45) is 5.41 Å². The summed E-state index contributed by atoms with van der Waals surface area (Å²) in [6.45, 7) is 8.81. The second-order valence-corrected chi connectivity index (χ2v) is 11.5. The maximum Gasteiger partial charge on any atom is 0.217 e. The van der Waals surface area contributed by atoms with Crippen LogP contribution in [-0.2, 0) is 21.2 Å². The Balaban J connectivity index is 2.20. The minimum absolute atomic E-state index is 0.128. The zero-order valence-corrected chi connectivity index (χ0v) is 21.3. The van der Waals surface area contributed by atoms with Gasteiger partial charge in [0.2, 0.25) is 5.91 Å². The molecule has 3 rings (SSSR count). The molecule has 0 fully saturated rings. The molecule has 33 heavy (non-hydrogen) atoms. The molecule has 0 radical (unpaired) electrons. The number of nitrogens with zero attached hydrogens (tertiary/aromatic N) is 1. The summed E-state index contributed by atoms with van der Waals surface area (Å²) in [5, 5.41) is 2.82. The summed E-state index contributed by atoms with van der Waals surface area (Å²) < 4.78 is 27.8. The maximum absolute atomic E-state index is 13.9. The molecule has 0 saturated heterocycles. The van der Waals surface area contributed by atoms with Crippen LogP contribution in [0.2, 0.25) is 0 Å². The van der Waals surface area contributed by atoms with E-state index in [1.54, 1.807) is 6.07 Å². The van der Waals surface area contributed by atoms with Gasteiger partial charge >= 0.3 is 0 Å². The summed E-state index contributed by atoms with van der Waals surface area (Å²) in [4.78, 5) is 14.1. The number of hydrogen-bond donors (Lipinski definition) is 1. The zero-order chi connectivity index (χ0) is 24.1. The van der Waals surface area contributed by atoms with Gasteiger partial charge in [-0.1, -0.05) is 57.7 Å². The second-order valence-electron chi connectivity index (χ2n) is 9.54. The summed E-state index contributed by atoms with van der Waals surface area (Å²) in [5.41, 5.74) is 3.29. The fraction of sp³-hybridized carbons (Fsp3) is 0.519. The lowest BCUT2D eigenvalue weighted by Gasteiger charge is -2.37. The molecule has 0 saturated carbocycles. The van der Waals surface area contributed by atoms with Crippen LogP contribution in [0.5, 0.6) is 0 Å². The number of para-hydroxylation sites is 1. The van der Waals surface area contributed by atoms with Crippen molar-refractivity contribution in [3.63, 3.8) is 0 Å². The van der Waals surface area contributed by atoms with Crippen LogP contribution in [-0.4, -0.2) is 26.6 Å². The Morgan fingerprint density at radius 2 is 1.70 bits per heavy atom. The van der Waals surface area contributed by atoms with Gasteiger partial charge in [-0.3, -0.25) is 4.79 Å². The first-order valence-electron chi connectivity index (χ1n) is 12.1. The lowest BCUT2D eigenvalue weighted by Crippen LogP contribution is -2.38. The van der Waals surface area contributed by atoms with Gasteiger partial charge in [-0.2, -0.15) is 0 Å². The smallest absolute Gasteiger partial charge is 0.217 e. The second kappa shape index (κ2) is 10.7. The van der Waals surface area contributed by atoms with E-state index in [2.05, 4.69) is 36.2 Å². The predicted molar refractivity (Wildman–Crippen MR) is 136 cm³/mol. The van der Waals surface area contributed by atoms with Crippen LogP contribution < -0.4 is 10.2 Å². The molecule has 6 heteroatoms. The van der Waals surface area contributed by atoms with Gasteiger partial charge in [0.25, 0.3) is 0 Å². The zero-order valence-electron chi connectivity index (χ0n) is 20.5. The van der Waals surface area contributed by atoms with E-state index in [9.17, 15) is 13.2 Å². The van der Waals surface area contributed by atoms with Gasteiger partial charge in [-0.15, -0.1) is 0 Å². The number of hydrogen-bond acceptors (Lipinski definition) is 4. The van der Waals surface area contributed by atoms with Crippen molar-refractivity contribution < 1.29 is 13.2 Å². The van der Waals surface area contributed by atoms with Crippen molar-refractivity contribution in [1.82, 2.24) is 5.32 Å². The minimum atomic E-state index is -3.52. The summed E-state index contributed by atoms with van der Waals surface area (Å²) >= 11 is 0. The van der Waals surface area contributed by atoms with Crippen LogP contribution in [0, 0.1) is 12.3 Å². The molecule has 0 bridgehead atoms. The fourth-order valence-electron chi connectivity index (χ4n) is 4.90. The molecule has 0 unspecified atom stereocenters. The predicted octanol–water partition coefficient (Wildman–Crippen LogP) is 5.92. The van der Waals surface area contributed by atoms with Crippen molar-refractivity contribution in [2.45, 2.75) is 77.7 Å². The van der Waals surface area contributed by atoms with Gasteiger partial charge in [-0.25, -0.2) is 8.42 Å². The first-order valence-corrected chi connectivity index (χ1v) is 13.8. The Labute approximate surface area is 199 Å². The molecule has 1 amide bonds. The maximum atomic E-state index is 13.9. The number of carbonyl (C=O) groups is 1. The Bertz CT molecular complexity index is 1060. The highest BCUT2D eigenvalue weighted by Crippen LogP contribution is 2.45. The van der Waals surface area contributed by atoms with Gasteiger partial charge in [0.15, 0.2) is 9.84 Å². The number of carbonyl (C=O) groups excluding carboxylic acids is 1. The molecule has 0 aliphatic carbocycles. The van der Waals surface area contributed by atoms with E-state index in [1.807, 2.05) is 31.2 Å². The van der Waals surface area contributed by atoms with Crippen LogP contribution in [0.15, 0.2) is 47.4 Å². The van der Waals surface area contributed by atoms with Gasteiger partial charge in [-0.05, 0) is 55.2 Å². The highest BCUT2D eigenvalue weighted by Gasteiger charge is 2.42. The average Bonchev–Trinajstić information content (AvgIpc) is 2.87. The van der Waals surface area contributed by atoms with E-state index in [1.165, 1.54) is 6.92 Å². The number of rotatable bonds is 9. The monoisotopic (exact) mass is 470 g/mol. The van der Waals surface area contributed by atoms with Crippen molar-refractivity contribution in [3.8, 4) is 0 Å². The average molecular weight is 471 g/mol. The number of benzene rings is 2. The van der Waals surface area contributed by atoms with Crippen molar-refractivity contribution in [3.05, 3.63) is 53.6 Å². The number of aryl methyl sites for hydroxylation is 1. The summed E-state index contributed by atoms with van der Waals surface area (Å²) in [7, 11) is -3.52. The van der Waals surface area contributed by atoms with E-state index < -0.39 is 9.84 Å². The molecule has 0 atom stereocenters. The molecule has 1 aliphatic heterocycles. The van der Waals surface area contributed by atoms with Crippen LogP contribution in [0.4, 0.5) is 11.4 Å². The molecule has 0 spiro atoms. The van der Waals surface area contributed by atoms with Gasteiger partial charge in [0.1, 0.15) is 0 Å². The first-order chi connectivity index (χ1) is 15.7. The van der Waals surface area contributed by atoms with E-state index in [0.717, 1.165) is 61.0 Å². The molecule has 0 aromatic heterocycles. The molecule has 1 heterocycles. The first kappa shape index (κ1) is 25.3. The van der Waals surface area contributed by atoms with Gasteiger partial charge in [0.05, 0.1) is 16.3 Å². The highest BCUT2D eigenvalue weighted by atomic mass is 32.2. The Hall–Kier alpha value is -2.34. The third kappa shape index (κ3) is 5.97. The largest absolute Gasteiger partial charge is 0.352 e. The number of sulfone groups is 1. The Morgan fingerprint density at radius 1 is 1.06 bits per heavy atom. The van der Waals surface area contributed by atoms with Crippen molar-refractivity contribution in [2.75, 3.05) is 17.2 Å². The van der Waals surface area contributed by atoms with E-state index in [4.69, 9.17) is 0 Å². The van der Waals surface area contributed by atoms with Crippen molar-refractivity contribution in [1.29, 1.82) is 0 Å². The van der Waals surface area contributed by atoms with Crippen LogP contribution >= 0.6 is 0 Å². The normalized spacial score (nSPS) is 16.7. The van der Waals surface area contributed by atoms with E-state index >= 15 is 0 Å². The number of nitrogens with one attached hydrogen (secondary N) is 1. The molecule has 1 aliphatic rings. The number of fused-ring (bicyclic) bond motifs is 1. The molecule has 2 aromatic rings. The topological polar surface area (TPSA) is 66.5 Å². The van der Waals surface area contributed by atoms with E-state index in [0.29, 0.717) is 18.0 Å². The van der Waals surface area contributed by atoms with Crippen LogP contribution in [0.1, 0.15) is 70.4 Å². The molecule has 1 N–H and O–H groups in total. The lowest BCUT2D eigenvalue weighted by atomic mass is 9.79. The minimum Gasteiger partial charge on any atom is -0.352 e. The quantitative estimate of drug-likeness (QED) is 0.494. The standard InChI is InChI=1S/C27H38N2O3S/c1-5-7-14-27(15-8-6-2)19-29(24-12-10-9-11-13-24)25-16-21(3)23(18-28-22(4)30)17-26(25)33(31,32)20-27/h9-13,16-17H,5-8,14-15,18-20H2,1-4H3,(H,28,30). The highest BCUT2D eigenvalue weighted by molar-refractivity contribution is 7.91. The summed E-state index contributed by atoms with van der Waals surface area (Å²) in [6.07, 6.45) is 5.93. The summed E-state index contributed by atoms with van der Waals surface area (Å²) in [6, 6.07) is 13.9. The third-order valence-corrected chi connectivity index (χ3v) is 8.74. The van der Waals surface area contributed by atoms with Crippen LogP contribution in [0.3, 0.4) is 0 Å². The van der Waals surface area contributed by atoms with Gasteiger partial charge in [0, 0.05) is 31.1 Å². The fourth-order valence-corrected chi connectivity index (χ4v) is 7.05. The Morgan fingerprint density at radius 3 is 2.27 bits per heavy atom. The van der Waals surface area contributed by atoms with E-state index in [-0.39, 0.29) is 17.1 Å². The molecule has 2 aromatic carbocycles. The molecular weight excluding hydrogens is 432 g/mol. The summed E-state index contributed by atoms with van der Waals surface area (Å²) in [5.74, 6) is 0.0372. The number of unbranched alkanes of at least 4 members (excludes halogenated alkanes) is 2. The van der Waals surface area contributed by atoms with Crippen molar-refractivity contribution >= 4 is 27.1 Å². The molecular formula is C27H38N2O3S. The number of amides is 1. The SMILES string of the molecule is CCCCC1(CCCC)CN(c2ccccc2)c2cc(C)c(CNC(C)=O)cc2S(=O)(=O)C1. The third-order valence-electron chi connectivity index (χ3n) is 6.75.